The van der Waals surface area contributed by atoms with Crippen molar-refractivity contribution < 1.29 is 0 Å². The van der Waals surface area contributed by atoms with Gasteiger partial charge < -0.3 is 0 Å². The minimum absolute atomic E-state index is 0.0829. The molecule has 0 nitrogen and oxygen atoms in total. The van der Waals surface area contributed by atoms with Crippen LogP contribution in [0, 0.1) is 11.8 Å². The molecule has 2 bridgehead atoms. The summed E-state index contributed by atoms with van der Waals surface area (Å²) in [5.41, 5.74) is 1.31. The van der Waals surface area contributed by atoms with Gasteiger partial charge in [-0.05, 0) is 17.6 Å². The lowest BCUT2D eigenvalue weighted by Gasteiger charge is -2.36. The molecule has 4 atom stereocenters. The van der Waals surface area contributed by atoms with Gasteiger partial charge in [-0.3, -0.25) is 0 Å². The lowest BCUT2D eigenvalue weighted by molar-refractivity contribution is 0.580. The fraction of sp³-hybridized carbons (Fsp3) is 0.800. The molecule has 0 aromatic heterocycles. The molecular formula is C10H6Cl8. The average Bonchev–Trinajstić information content (AvgIpc) is 2.79. The number of alkyl halides is 8. The molecule has 1 saturated carbocycles. The predicted molar refractivity (Wildman–Crippen MR) is 81.2 cm³/mol. The molecule has 0 radical (unpaired) electrons. The van der Waals surface area contributed by atoms with Crippen molar-refractivity contribution in [2.45, 2.75) is 30.2 Å². The number of halogens is 8. The lowest BCUT2D eigenvalue weighted by atomic mass is 9.92. The summed E-state index contributed by atoms with van der Waals surface area (Å²) in [5.74, 6) is -0.166. The third kappa shape index (κ3) is 1.46. The van der Waals surface area contributed by atoms with Crippen LogP contribution >= 0.6 is 92.8 Å². The van der Waals surface area contributed by atoms with E-state index in [0.717, 1.165) is 6.42 Å². The van der Waals surface area contributed by atoms with Gasteiger partial charge in [-0.25, -0.2) is 0 Å². The van der Waals surface area contributed by atoms with Gasteiger partial charge in [0.1, 0.15) is 0 Å². The Balaban J connectivity index is 2.22. The maximum atomic E-state index is 6.32. The van der Waals surface area contributed by atoms with Gasteiger partial charge in [0.05, 0.1) is 10.8 Å². The third-order valence-electron chi connectivity index (χ3n) is 4.08. The standard InChI is InChI=1S/C10H6Cl8/c11-6-2-1-3(7(6)12)5-4(2)8(13,14)10(17,18)9(5,15)16/h2-3,6-7H,1H2. The van der Waals surface area contributed by atoms with E-state index in [1.165, 1.54) is 0 Å². The van der Waals surface area contributed by atoms with Crippen LogP contribution in [0.3, 0.4) is 0 Å². The van der Waals surface area contributed by atoms with Crippen LogP contribution in [0.5, 0.6) is 0 Å². The number of hydrogen-bond acceptors (Lipinski definition) is 0. The minimum Gasteiger partial charge on any atom is -0.121 e. The second-order valence-electron chi connectivity index (χ2n) is 4.89. The summed E-state index contributed by atoms with van der Waals surface area (Å²) in [5, 5.41) is -0.530. The highest BCUT2D eigenvalue weighted by Gasteiger charge is 2.76. The van der Waals surface area contributed by atoms with Crippen molar-refractivity contribution >= 4 is 92.8 Å². The van der Waals surface area contributed by atoms with Crippen LogP contribution in [0.25, 0.3) is 0 Å². The molecule has 3 aliphatic rings. The highest BCUT2D eigenvalue weighted by Crippen LogP contribution is 2.74. The first-order chi connectivity index (χ1) is 8.05. The van der Waals surface area contributed by atoms with Crippen molar-refractivity contribution in [1.82, 2.24) is 0 Å². The first-order valence-electron chi connectivity index (χ1n) is 5.21. The molecule has 4 unspecified atom stereocenters. The summed E-state index contributed by atoms with van der Waals surface area (Å²) in [6.45, 7) is 0. The van der Waals surface area contributed by atoms with Crippen LogP contribution in [0.4, 0.5) is 0 Å². The van der Waals surface area contributed by atoms with Gasteiger partial charge in [-0.1, -0.05) is 69.6 Å². The molecule has 3 rings (SSSR count). The number of allylic oxidation sites excluding steroid dienone is 2. The maximum Gasteiger partial charge on any atom is 0.191 e. The quantitative estimate of drug-likeness (QED) is 0.356. The Kier molecular flexibility index (Phi) is 3.39. The predicted octanol–water partition coefficient (Wildman–Crippen LogP) is 5.68. The van der Waals surface area contributed by atoms with Gasteiger partial charge in [-0.15, -0.1) is 23.2 Å². The Hall–Kier alpha value is 2.06. The van der Waals surface area contributed by atoms with Crippen LogP contribution in [0.2, 0.25) is 0 Å². The minimum atomic E-state index is -1.73. The van der Waals surface area contributed by atoms with E-state index >= 15 is 0 Å². The van der Waals surface area contributed by atoms with Gasteiger partial charge in [0, 0.05) is 11.8 Å². The Morgan fingerprint density at radius 3 is 1.39 bits per heavy atom. The fourth-order valence-corrected chi connectivity index (χ4v) is 6.21. The zero-order valence-electron chi connectivity index (χ0n) is 8.54. The summed E-state index contributed by atoms with van der Waals surface area (Å²) in [6.07, 6.45) is 0.735. The topological polar surface area (TPSA) is 0 Å². The third-order valence-corrected chi connectivity index (χ3v) is 9.21. The van der Waals surface area contributed by atoms with Crippen molar-refractivity contribution in [2.75, 3.05) is 0 Å². The molecule has 3 aliphatic carbocycles. The van der Waals surface area contributed by atoms with E-state index in [0.29, 0.717) is 11.1 Å². The van der Waals surface area contributed by atoms with E-state index < -0.39 is 13.0 Å². The second kappa shape index (κ2) is 4.07. The summed E-state index contributed by atoms with van der Waals surface area (Å²) in [7, 11) is 0. The average molecular weight is 410 g/mol. The summed E-state index contributed by atoms with van der Waals surface area (Å²) in [4.78, 5) is 0. The number of hydrogen-bond donors (Lipinski definition) is 0. The molecule has 1 fully saturated rings. The van der Waals surface area contributed by atoms with E-state index in [4.69, 9.17) is 92.8 Å². The Bertz CT molecular complexity index is 413. The zero-order valence-corrected chi connectivity index (χ0v) is 14.6. The molecule has 8 heteroatoms. The van der Waals surface area contributed by atoms with Crippen LogP contribution in [0.15, 0.2) is 11.1 Å². The Morgan fingerprint density at radius 2 is 1.06 bits per heavy atom. The Morgan fingerprint density at radius 1 is 0.722 bits per heavy atom. The monoisotopic (exact) mass is 406 g/mol. The van der Waals surface area contributed by atoms with Crippen molar-refractivity contribution in [2.24, 2.45) is 11.8 Å². The number of fused-ring (bicyclic) bond motifs is 4. The summed E-state index contributed by atoms with van der Waals surface area (Å²) < 4.78 is -4.84. The largest absolute Gasteiger partial charge is 0.191 e. The molecule has 0 saturated heterocycles. The molecule has 18 heavy (non-hydrogen) atoms. The molecule has 0 spiro atoms. The van der Waals surface area contributed by atoms with E-state index in [-0.39, 0.29) is 22.6 Å². The molecule has 0 aromatic rings. The van der Waals surface area contributed by atoms with Crippen molar-refractivity contribution in [3.63, 3.8) is 0 Å². The molecule has 0 aromatic carbocycles. The van der Waals surface area contributed by atoms with E-state index in [1.807, 2.05) is 0 Å². The normalized spacial score (nSPS) is 46.7. The fourth-order valence-electron chi connectivity index (χ4n) is 3.27. The smallest absolute Gasteiger partial charge is 0.121 e. The first kappa shape index (κ1) is 15.0. The van der Waals surface area contributed by atoms with Crippen molar-refractivity contribution in [3.05, 3.63) is 11.1 Å². The van der Waals surface area contributed by atoms with Gasteiger partial charge >= 0.3 is 0 Å². The van der Waals surface area contributed by atoms with Crippen LogP contribution < -0.4 is 0 Å². The highest BCUT2D eigenvalue weighted by molar-refractivity contribution is 6.72. The van der Waals surface area contributed by atoms with Crippen LogP contribution in [-0.2, 0) is 0 Å². The van der Waals surface area contributed by atoms with Crippen molar-refractivity contribution in [3.8, 4) is 0 Å². The molecule has 0 amide bonds. The van der Waals surface area contributed by atoms with E-state index in [9.17, 15) is 0 Å². The summed E-state index contributed by atoms with van der Waals surface area (Å²) >= 11 is 50.3. The van der Waals surface area contributed by atoms with E-state index in [1.54, 1.807) is 0 Å². The Labute approximate surface area is 145 Å². The lowest BCUT2D eigenvalue weighted by Crippen LogP contribution is -2.46. The zero-order chi connectivity index (χ0) is 13.7. The molecular weight excluding hydrogens is 404 g/mol. The first-order valence-corrected chi connectivity index (χ1v) is 8.35. The molecule has 0 N–H and O–H groups in total. The molecule has 0 aliphatic heterocycles. The van der Waals surface area contributed by atoms with Gasteiger partial charge in [0.2, 0.25) is 0 Å². The maximum absolute atomic E-state index is 6.32. The SMILES string of the molecule is ClC1C2CC(C3=C2C(Cl)(Cl)C(Cl)(Cl)C3(Cl)Cl)C1Cl. The van der Waals surface area contributed by atoms with Gasteiger partial charge in [0.15, 0.2) is 13.0 Å². The van der Waals surface area contributed by atoms with Crippen LogP contribution in [-0.4, -0.2) is 23.8 Å². The molecule has 102 valence electrons. The highest BCUT2D eigenvalue weighted by atomic mass is 35.5. The van der Waals surface area contributed by atoms with Crippen molar-refractivity contribution in [1.29, 1.82) is 0 Å². The van der Waals surface area contributed by atoms with Gasteiger partial charge in [0.25, 0.3) is 0 Å². The summed E-state index contributed by atoms with van der Waals surface area (Å²) in [6, 6.07) is 0. The van der Waals surface area contributed by atoms with E-state index in [2.05, 4.69) is 0 Å². The molecule has 0 heterocycles. The van der Waals surface area contributed by atoms with Crippen LogP contribution in [0.1, 0.15) is 6.42 Å². The van der Waals surface area contributed by atoms with Gasteiger partial charge in [-0.2, -0.15) is 0 Å². The number of rotatable bonds is 0. The second-order valence-corrected chi connectivity index (χ2v) is 9.88.